The number of rotatable bonds is 7. The highest BCUT2D eigenvalue weighted by atomic mass is 79.9. The Morgan fingerprint density at radius 3 is 2.68 bits per heavy atom. The quantitative estimate of drug-likeness (QED) is 0.591. The van der Waals surface area contributed by atoms with Gasteiger partial charge < -0.3 is 10.1 Å². The van der Waals surface area contributed by atoms with Crippen molar-refractivity contribution in [2.75, 3.05) is 6.61 Å². The van der Waals surface area contributed by atoms with Crippen molar-refractivity contribution < 1.29 is 4.74 Å². The van der Waals surface area contributed by atoms with Gasteiger partial charge in [0.2, 0.25) is 0 Å². The largest absolute Gasteiger partial charge is 0.376 e. The van der Waals surface area contributed by atoms with Crippen molar-refractivity contribution in [2.24, 2.45) is 0 Å². The summed E-state index contributed by atoms with van der Waals surface area (Å²) in [7, 11) is 0. The van der Waals surface area contributed by atoms with E-state index in [0.717, 1.165) is 24.0 Å². The molecular weight excluding hydrogens is 302 g/mol. The molecule has 0 amide bonds. The zero-order chi connectivity index (χ0) is 14.3. The molecule has 19 heavy (non-hydrogen) atoms. The maximum absolute atomic E-state index is 5.58. The lowest BCUT2D eigenvalue weighted by atomic mass is 10.1. The molecule has 0 saturated carbocycles. The number of nitrogens with one attached hydrogen (secondary N) is 1. The Bertz CT molecular complexity index is 410. The number of halogens is 1. The number of hydrogen-bond acceptors (Lipinski definition) is 2. The van der Waals surface area contributed by atoms with Crippen molar-refractivity contribution >= 4 is 15.9 Å². The van der Waals surface area contributed by atoms with E-state index < -0.39 is 0 Å². The van der Waals surface area contributed by atoms with Gasteiger partial charge in [-0.25, -0.2) is 0 Å². The maximum atomic E-state index is 5.58. The molecule has 0 unspecified atom stereocenters. The van der Waals surface area contributed by atoms with Gasteiger partial charge in [0.1, 0.15) is 0 Å². The summed E-state index contributed by atoms with van der Waals surface area (Å²) >= 11 is 3.61. The summed E-state index contributed by atoms with van der Waals surface area (Å²) in [6.07, 6.45) is 2.77. The van der Waals surface area contributed by atoms with Crippen LogP contribution in [0, 0.1) is 0 Å². The van der Waals surface area contributed by atoms with Gasteiger partial charge in [-0.15, -0.1) is 6.58 Å². The minimum Gasteiger partial charge on any atom is -0.376 e. The van der Waals surface area contributed by atoms with Crippen molar-refractivity contribution in [3.8, 4) is 0 Å². The smallest absolute Gasteiger partial charge is 0.0727 e. The predicted molar refractivity (Wildman–Crippen MR) is 85.2 cm³/mol. The second-order valence-corrected chi connectivity index (χ2v) is 6.51. The van der Waals surface area contributed by atoms with Crippen molar-refractivity contribution in [1.29, 1.82) is 0 Å². The maximum Gasteiger partial charge on any atom is 0.0727 e. The van der Waals surface area contributed by atoms with Crippen LogP contribution < -0.4 is 5.32 Å². The zero-order valence-electron chi connectivity index (χ0n) is 12.1. The van der Waals surface area contributed by atoms with Crippen molar-refractivity contribution in [1.82, 2.24) is 5.32 Å². The van der Waals surface area contributed by atoms with Crippen molar-refractivity contribution in [2.45, 2.75) is 45.9 Å². The van der Waals surface area contributed by atoms with E-state index in [0.29, 0.717) is 6.61 Å². The van der Waals surface area contributed by atoms with Crippen LogP contribution in [0.3, 0.4) is 0 Å². The van der Waals surface area contributed by atoms with Gasteiger partial charge in [0.25, 0.3) is 0 Å². The third-order valence-electron chi connectivity index (χ3n) is 2.66. The fraction of sp³-hybridized carbons (Fsp3) is 0.500. The lowest BCUT2D eigenvalue weighted by Crippen LogP contribution is -2.35. The Kier molecular flexibility index (Phi) is 6.76. The summed E-state index contributed by atoms with van der Waals surface area (Å²) in [5, 5.41) is 3.48. The van der Waals surface area contributed by atoms with E-state index in [-0.39, 0.29) is 5.54 Å². The van der Waals surface area contributed by atoms with Crippen LogP contribution in [0.15, 0.2) is 35.3 Å². The Labute approximate surface area is 125 Å². The van der Waals surface area contributed by atoms with Crippen molar-refractivity contribution in [3.63, 3.8) is 0 Å². The van der Waals surface area contributed by atoms with E-state index in [2.05, 4.69) is 66.8 Å². The molecular formula is C16H24BrNO. The van der Waals surface area contributed by atoms with E-state index >= 15 is 0 Å². The Morgan fingerprint density at radius 2 is 2.11 bits per heavy atom. The van der Waals surface area contributed by atoms with Crippen LogP contribution in [0.4, 0.5) is 0 Å². The molecule has 0 aliphatic carbocycles. The molecule has 0 heterocycles. The third kappa shape index (κ3) is 6.90. The first-order chi connectivity index (χ1) is 8.92. The van der Waals surface area contributed by atoms with Gasteiger partial charge in [-0.1, -0.05) is 34.1 Å². The van der Waals surface area contributed by atoms with Crippen LogP contribution in [0.1, 0.15) is 38.3 Å². The summed E-state index contributed by atoms with van der Waals surface area (Å²) in [5.74, 6) is 0. The fourth-order valence-electron chi connectivity index (χ4n) is 1.53. The van der Waals surface area contributed by atoms with Gasteiger partial charge in [-0.05, 0) is 44.4 Å². The standard InChI is InChI=1S/C16H24BrNO/c1-5-6-9-19-12-14-8-7-13(10-15(14)17)11-18-16(2,3)4/h5,7-8,10,18H,1,6,9,11-12H2,2-4H3. The molecule has 1 aromatic carbocycles. The van der Waals surface area contributed by atoms with Gasteiger partial charge in [0.15, 0.2) is 0 Å². The highest BCUT2D eigenvalue weighted by Gasteiger charge is 2.09. The normalized spacial score (nSPS) is 11.6. The minimum absolute atomic E-state index is 0.138. The lowest BCUT2D eigenvalue weighted by Gasteiger charge is -2.20. The van der Waals surface area contributed by atoms with Gasteiger partial charge >= 0.3 is 0 Å². The number of ether oxygens (including phenoxy) is 1. The fourth-order valence-corrected chi connectivity index (χ4v) is 2.07. The van der Waals surface area contributed by atoms with E-state index in [9.17, 15) is 0 Å². The highest BCUT2D eigenvalue weighted by molar-refractivity contribution is 9.10. The van der Waals surface area contributed by atoms with Gasteiger partial charge in [-0.2, -0.15) is 0 Å². The third-order valence-corrected chi connectivity index (χ3v) is 3.40. The Hall–Kier alpha value is -0.640. The van der Waals surface area contributed by atoms with E-state index in [4.69, 9.17) is 4.74 Å². The monoisotopic (exact) mass is 325 g/mol. The van der Waals surface area contributed by atoms with Crippen LogP contribution >= 0.6 is 15.9 Å². The summed E-state index contributed by atoms with van der Waals surface area (Å²) < 4.78 is 6.69. The number of benzene rings is 1. The average molecular weight is 326 g/mol. The first-order valence-electron chi connectivity index (χ1n) is 6.63. The molecule has 0 radical (unpaired) electrons. The SMILES string of the molecule is C=CCCOCc1ccc(CNC(C)(C)C)cc1Br. The predicted octanol–water partition coefficient (Wildman–Crippen LogP) is 4.43. The minimum atomic E-state index is 0.138. The first kappa shape index (κ1) is 16.4. The molecule has 3 heteroatoms. The van der Waals surface area contributed by atoms with Gasteiger partial charge in [0, 0.05) is 16.6 Å². The highest BCUT2D eigenvalue weighted by Crippen LogP contribution is 2.20. The molecule has 1 aromatic rings. The summed E-state index contributed by atoms with van der Waals surface area (Å²) in [6.45, 7) is 12.4. The van der Waals surface area contributed by atoms with Crippen LogP contribution in [0.2, 0.25) is 0 Å². The van der Waals surface area contributed by atoms with Crippen LogP contribution in [-0.4, -0.2) is 12.1 Å². The molecule has 0 bridgehead atoms. The summed E-state index contributed by atoms with van der Waals surface area (Å²) in [4.78, 5) is 0. The van der Waals surface area contributed by atoms with Gasteiger partial charge in [-0.3, -0.25) is 0 Å². The Balaban J connectivity index is 2.51. The zero-order valence-corrected chi connectivity index (χ0v) is 13.7. The van der Waals surface area contributed by atoms with E-state index in [1.165, 1.54) is 11.1 Å². The molecule has 0 fully saturated rings. The molecule has 1 N–H and O–H groups in total. The second kappa shape index (κ2) is 7.83. The van der Waals surface area contributed by atoms with Crippen molar-refractivity contribution in [3.05, 3.63) is 46.5 Å². The van der Waals surface area contributed by atoms with Crippen LogP contribution in [-0.2, 0) is 17.9 Å². The molecule has 0 aromatic heterocycles. The topological polar surface area (TPSA) is 21.3 Å². The van der Waals surface area contributed by atoms with E-state index in [1.54, 1.807) is 0 Å². The molecule has 1 rings (SSSR count). The second-order valence-electron chi connectivity index (χ2n) is 5.66. The molecule has 0 spiro atoms. The molecule has 0 saturated heterocycles. The summed E-state index contributed by atoms with van der Waals surface area (Å²) in [5.41, 5.74) is 2.60. The first-order valence-corrected chi connectivity index (χ1v) is 7.42. The summed E-state index contributed by atoms with van der Waals surface area (Å²) in [6, 6.07) is 6.43. The molecule has 106 valence electrons. The number of hydrogen-bond donors (Lipinski definition) is 1. The van der Waals surface area contributed by atoms with Crippen LogP contribution in [0.25, 0.3) is 0 Å². The molecule has 0 atom stereocenters. The lowest BCUT2D eigenvalue weighted by molar-refractivity contribution is 0.125. The average Bonchev–Trinajstić information content (AvgIpc) is 2.33. The van der Waals surface area contributed by atoms with E-state index in [1.807, 2.05) is 6.08 Å². The Morgan fingerprint density at radius 1 is 1.37 bits per heavy atom. The molecule has 0 aliphatic heterocycles. The van der Waals surface area contributed by atoms with Crippen LogP contribution in [0.5, 0.6) is 0 Å². The van der Waals surface area contributed by atoms with Gasteiger partial charge in [0.05, 0.1) is 13.2 Å². The molecule has 2 nitrogen and oxygen atoms in total. The molecule has 0 aliphatic rings.